The van der Waals surface area contributed by atoms with Crippen LogP contribution in [0.3, 0.4) is 0 Å². The van der Waals surface area contributed by atoms with Crippen LogP contribution in [-0.4, -0.2) is 25.0 Å². The zero-order valence-corrected chi connectivity index (χ0v) is 11.4. The number of allylic oxidation sites excluding steroid dienone is 2. The van der Waals surface area contributed by atoms with Crippen molar-refractivity contribution in [2.75, 3.05) is 7.11 Å². The van der Waals surface area contributed by atoms with Crippen molar-refractivity contribution in [3.63, 3.8) is 0 Å². The molecule has 102 valence electrons. The number of hydrogen-bond donors (Lipinski definition) is 1. The van der Waals surface area contributed by atoms with E-state index in [-0.39, 0.29) is 17.7 Å². The van der Waals surface area contributed by atoms with Gasteiger partial charge in [0.15, 0.2) is 0 Å². The monoisotopic (exact) mass is 253 g/mol. The maximum atomic E-state index is 12.0. The maximum absolute atomic E-state index is 12.0. The van der Waals surface area contributed by atoms with Crippen LogP contribution in [-0.2, 0) is 14.3 Å². The quantitative estimate of drug-likeness (QED) is 0.532. The molecular weight excluding hydrogens is 230 g/mol. The molecule has 0 aliphatic heterocycles. The third-order valence-electron chi connectivity index (χ3n) is 2.69. The van der Waals surface area contributed by atoms with Crippen molar-refractivity contribution in [1.29, 1.82) is 0 Å². The highest BCUT2D eigenvalue weighted by Crippen LogP contribution is 2.12. The standard InChI is InChI=1S/C14H23NO3/c1-6-8-11(9-7-2)13(16)15-12(10(3)4)14(17)18-5/h6-7,10-12H,1-2,8-9H2,3-5H3,(H,15,16). The van der Waals surface area contributed by atoms with Crippen molar-refractivity contribution in [1.82, 2.24) is 5.32 Å². The Labute approximate surface area is 109 Å². The summed E-state index contributed by atoms with van der Waals surface area (Å²) in [5, 5.41) is 2.73. The number of esters is 1. The van der Waals surface area contributed by atoms with Gasteiger partial charge in [0, 0.05) is 5.92 Å². The summed E-state index contributed by atoms with van der Waals surface area (Å²) in [5.74, 6) is -0.839. The van der Waals surface area contributed by atoms with E-state index in [0.29, 0.717) is 12.8 Å². The molecule has 1 N–H and O–H groups in total. The van der Waals surface area contributed by atoms with E-state index < -0.39 is 12.0 Å². The molecule has 0 heterocycles. The summed E-state index contributed by atoms with van der Waals surface area (Å²) in [6.45, 7) is 11.0. The molecular formula is C14H23NO3. The third kappa shape index (κ3) is 5.17. The van der Waals surface area contributed by atoms with Gasteiger partial charge in [-0.25, -0.2) is 4.79 Å². The Morgan fingerprint density at radius 2 is 1.72 bits per heavy atom. The molecule has 4 nitrogen and oxygen atoms in total. The molecule has 0 saturated heterocycles. The third-order valence-corrected chi connectivity index (χ3v) is 2.69. The van der Waals surface area contributed by atoms with Gasteiger partial charge in [-0.1, -0.05) is 26.0 Å². The Hall–Kier alpha value is -1.58. The Balaban J connectivity index is 4.69. The van der Waals surface area contributed by atoms with Gasteiger partial charge >= 0.3 is 5.97 Å². The molecule has 0 rings (SSSR count). The number of hydrogen-bond acceptors (Lipinski definition) is 3. The van der Waals surface area contributed by atoms with Crippen LogP contribution in [0.5, 0.6) is 0 Å². The van der Waals surface area contributed by atoms with E-state index in [2.05, 4.69) is 23.2 Å². The maximum Gasteiger partial charge on any atom is 0.328 e. The van der Waals surface area contributed by atoms with Gasteiger partial charge in [-0.3, -0.25) is 4.79 Å². The molecule has 0 aromatic carbocycles. The minimum Gasteiger partial charge on any atom is -0.467 e. The minimum atomic E-state index is -0.611. The normalized spacial score (nSPS) is 12.1. The summed E-state index contributed by atoms with van der Waals surface area (Å²) in [6.07, 6.45) is 4.50. The summed E-state index contributed by atoms with van der Waals surface area (Å²) < 4.78 is 4.68. The van der Waals surface area contributed by atoms with Crippen LogP contribution in [0, 0.1) is 11.8 Å². The lowest BCUT2D eigenvalue weighted by Crippen LogP contribution is -2.47. The van der Waals surface area contributed by atoms with Crippen LogP contribution < -0.4 is 5.32 Å². The second-order valence-electron chi connectivity index (χ2n) is 4.50. The highest BCUT2D eigenvalue weighted by Gasteiger charge is 2.27. The van der Waals surface area contributed by atoms with Gasteiger partial charge in [-0.15, -0.1) is 13.2 Å². The number of methoxy groups -OCH3 is 1. The summed E-state index contributed by atoms with van der Waals surface area (Å²) in [4.78, 5) is 23.6. The van der Waals surface area contributed by atoms with Crippen molar-refractivity contribution >= 4 is 11.9 Å². The van der Waals surface area contributed by atoms with Gasteiger partial charge in [0.1, 0.15) is 6.04 Å². The van der Waals surface area contributed by atoms with E-state index >= 15 is 0 Å². The molecule has 0 radical (unpaired) electrons. The Morgan fingerprint density at radius 1 is 1.22 bits per heavy atom. The lowest BCUT2D eigenvalue weighted by Gasteiger charge is -2.22. The van der Waals surface area contributed by atoms with E-state index in [9.17, 15) is 9.59 Å². The number of carbonyl (C=O) groups excluding carboxylic acids is 2. The minimum absolute atomic E-state index is 0.0190. The van der Waals surface area contributed by atoms with Gasteiger partial charge in [0.25, 0.3) is 0 Å². The Bertz CT molecular complexity index is 300. The molecule has 0 bridgehead atoms. The molecule has 0 aliphatic carbocycles. The molecule has 1 unspecified atom stereocenters. The SMILES string of the molecule is C=CCC(CC=C)C(=O)NC(C(=O)OC)C(C)C. The zero-order valence-electron chi connectivity index (χ0n) is 11.4. The van der Waals surface area contributed by atoms with Gasteiger partial charge in [0.05, 0.1) is 7.11 Å². The lowest BCUT2D eigenvalue weighted by molar-refractivity contribution is -0.146. The molecule has 0 aromatic rings. The van der Waals surface area contributed by atoms with Crippen LogP contribution in [0.2, 0.25) is 0 Å². The Kier molecular flexibility index (Phi) is 7.76. The number of rotatable bonds is 8. The predicted molar refractivity (Wildman–Crippen MR) is 71.9 cm³/mol. The smallest absolute Gasteiger partial charge is 0.328 e. The lowest BCUT2D eigenvalue weighted by atomic mass is 9.98. The number of amides is 1. The van der Waals surface area contributed by atoms with E-state index in [1.54, 1.807) is 12.2 Å². The molecule has 0 saturated carbocycles. The molecule has 1 atom stereocenters. The van der Waals surface area contributed by atoms with Gasteiger partial charge in [0.2, 0.25) is 5.91 Å². The first kappa shape index (κ1) is 16.4. The first-order valence-corrected chi connectivity index (χ1v) is 6.07. The predicted octanol–water partition coefficient (Wildman–Crippen LogP) is 2.07. The molecule has 0 fully saturated rings. The highest BCUT2D eigenvalue weighted by molar-refractivity contribution is 5.86. The van der Waals surface area contributed by atoms with Crippen molar-refractivity contribution in [2.24, 2.45) is 11.8 Å². The molecule has 18 heavy (non-hydrogen) atoms. The number of nitrogens with one attached hydrogen (secondary N) is 1. The second-order valence-corrected chi connectivity index (χ2v) is 4.50. The summed E-state index contributed by atoms with van der Waals surface area (Å²) in [6, 6.07) is -0.611. The molecule has 1 amide bonds. The fourth-order valence-corrected chi connectivity index (χ4v) is 1.61. The van der Waals surface area contributed by atoms with Crippen LogP contribution >= 0.6 is 0 Å². The molecule has 0 aromatic heterocycles. The number of carbonyl (C=O) groups is 2. The van der Waals surface area contributed by atoms with Gasteiger partial charge in [-0.05, 0) is 18.8 Å². The molecule has 4 heteroatoms. The van der Waals surface area contributed by atoms with Crippen LogP contribution in [0.25, 0.3) is 0 Å². The average Bonchev–Trinajstić information content (AvgIpc) is 2.34. The summed E-state index contributed by atoms with van der Waals surface area (Å²) >= 11 is 0. The fourth-order valence-electron chi connectivity index (χ4n) is 1.61. The van der Waals surface area contributed by atoms with Crippen molar-refractivity contribution in [3.05, 3.63) is 25.3 Å². The molecule has 0 spiro atoms. The summed E-state index contributed by atoms with van der Waals surface area (Å²) in [5.41, 5.74) is 0. The van der Waals surface area contributed by atoms with Crippen molar-refractivity contribution in [2.45, 2.75) is 32.7 Å². The van der Waals surface area contributed by atoms with Gasteiger partial charge in [-0.2, -0.15) is 0 Å². The first-order valence-electron chi connectivity index (χ1n) is 6.07. The van der Waals surface area contributed by atoms with E-state index in [1.807, 2.05) is 13.8 Å². The van der Waals surface area contributed by atoms with Crippen molar-refractivity contribution in [3.8, 4) is 0 Å². The Morgan fingerprint density at radius 3 is 2.06 bits per heavy atom. The summed E-state index contributed by atoms with van der Waals surface area (Å²) in [7, 11) is 1.31. The van der Waals surface area contributed by atoms with E-state index in [1.165, 1.54) is 7.11 Å². The van der Waals surface area contributed by atoms with Gasteiger partial charge < -0.3 is 10.1 Å². The largest absolute Gasteiger partial charge is 0.467 e. The fraction of sp³-hybridized carbons (Fsp3) is 0.571. The van der Waals surface area contributed by atoms with Crippen LogP contribution in [0.1, 0.15) is 26.7 Å². The van der Waals surface area contributed by atoms with Crippen LogP contribution in [0.15, 0.2) is 25.3 Å². The van der Waals surface area contributed by atoms with E-state index in [0.717, 1.165) is 0 Å². The molecule has 0 aliphatic rings. The highest BCUT2D eigenvalue weighted by atomic mass is 16.5. The van der Waals surface area contributed by atoms with Crippen molar-refractivity contribution < 1.29 is 14.3 Å². The first-order chi connectivity index (χ1) is 8.47. The topological polar surface area (TPSA) is 55.4 Å². The van der Waals surface area contributed by atoms with E-state index in [4.69, 9.17) is 0 Å². The average molecular weight is 253 g/mol. The second kappa shape index (κ2) is 8.50. The number of ether oxygens (including phenoxy) is 1. The van der Waals surface area contributed by atoms with Crippen LogP contribution in [0.4, 0.5) is 0 Å². The zero-order chi connectivity index (χ0) is 14.1.